The van der Waals surface area contributed by atoms with Crippen LogP contribution in [0.1, 0.15) is 30.0 Å². The smallest absolute Gasteiger partial charge is 0.407 e. The topological polar surface area (TPSA) is 63.9 Å². The van der Waals surface area contributed by atoms with Crippen molar-refractivity contribution in [3.05, 3.63) is 59.2 Å². The maximum atomic E-state index is 13.5. The highest BCUT2D eigenvalue weighted by Gasteiger charge is 2.39. The van der Waals surface area contributed by atoms with Gasteiger partial charge in [0.1, 0.15) is 18.1 Å². The van der Waals surface area contributed by atoms with Crippen LogP contribution in [0.15, 0.2) is 42.2 Å². The van der Waals surface area contributed by atoms with E-state index in [1.807, 2.05) is 19.3 Å². The molecule has 0 aromatic heterocycles. The summed E-state index contributed by atoms with van der Waals surface area (Å²) in [5, 5.41) is 9.63. The first-order valence-electron chi connectivity index (χ1n) is 9.02. The molecule has 3 aliphatic rings. The molecule has 1 aromatic carbocycles. The number of benzene rings is 1. The molecule has 1 fully saturated rings. The molecular weight excluding hydrogens is 349 g/mol. The normalized spacial score (nSPS) is 24.6. The second kappa shape index (κ2) is 6.64. The molecule has 0 spiro atoms. The Morgan fingerprint density at radius 2 is 2.15 bits per heavy atom. The van der Waals surface area contributed by atoms with Gasteiger partial charge in [0.25, 0.3) is 5.91 Å². The van der Waals surface area contributed by atoms with Crippen LogP contribution in [-0.4, -0.2) is 56.8 Å². The van der Waals surface area contributed by atoms with Crippen LogP contribution in [0.3, 0.4) is 0 Å². The number of carboxylic acid groups (broad SMARTS) is 1. The van der Waals surface area contributed by atoms with Crippen LogP contribution in [0.4, 0.5) is 9.18 Å². The van der Waals surface area contributed by atoms with Crippen molar-refractivity contribution in [2.45, 2.75) is 31.8 Å². The van der Waals surface area contributed by atoms with E-state index < -0.39 is 6.09 Å². The van der Waals surface area contributed by atoms with Crippen LogP contribution in [-0.2, 0) is 4.79 Å². The number of aryl methyl sites for hydroxylation is 1. The molecule has 0 radical (unpaired) electrons. The van der Waals surface area contributed by atoms with E-state index in [0.717, 1.165) is 16.8 Å². The summed E-state index contributed by atoms with van der Waals surface area (Å²) in [5.74, 6) is -0.338. The van der Waals surface area contributed by atoms with Gasteiger partial charge in [-0.3, -0.25) is 9.69 Å². The van der Waals surface area contributed by atoms with Crippen LogP contribution in [0, 0.1) is 12.7 Å². The minimum absolute atomic E-state index is 0.0161. The monoisotopic (exact) mass is 370 g/mol. The summed E-state index contributed by atoms with van der Waals surface area (Å²) in [6.45, 7) is 2.73. The van der Waals surface area contributed by atoms with Crippen LogP contribution >= 0.6 is 0 Å². The minimum atomic E-state index is -0.960. The number of allylic oxidation sites excluding steroid dienone is 1. The number of carbonyl (C=O) groups excluding carboxylic acids is 1. The minimum Gasteiger partial charge on any atom is -0.465 e. The lowest BCUT2D eigenvalue weighted by Gasteiger charge is -2.37. The second-order valence-electron chi connectivity index (χ2n) is 7.14. The molecule has 0 saturated carbocycles. The predicted molar refractivity (Wildman–Crippen MR) is 96.9 cm³/mol. The summed E-state index contributed by atoms with van der Waals surface area (Å²) in [6, 6.07) is 4.31. The van der Waals surface area contributed by atoms with Gasteiger partial charge in [-0.15, -0.1) is 0 Å². The molecular formula is C20H21FN3O3+. The third kappa shape index (κ3) is 3.13. The molecule has 1 N–H and O–H groups in total. The van der Waals surface area contributed by atoms with Gasteiger partial charge in [0.2, 0.25) is 0 Å². The van der Waals surface area contributed by atoms with Crippen molar-refractivity contribution >= 4 is 18.2 Å². The predicted octanol–water partition coefficient (Wildman–Crippen LogP) is 2.65. The number of carbonyl (C=O) groups is 2. The number of amides is 2. The average Bonchev–Trinajstić information content (AvgIpc) is 3.01. The molecule has 27 heavy (non-hydrogen) atoms. The molecule has 2 atom stereocenters. The average molecular weight is 370 g/mol. The van der Waals surface area contributed by atoms with Gasteiger partial charge >= 0.3 is 6.09 Å². The van der Waals surface area contributed by atoms with Crippen molar-refractivity contribution in [1.82, 2.24) is 9.80 Å². The Morgan fingerprint density at radius 3 is 2.89 bits per heavy atom. The van der Waals surface area contributed by atoms with Crippen LogP contribution < -0.4 is 0 Å². The number of hydrogen-bond acceptors (Lipinski definition) is 2. The third-order valence-electron chi connectivity index (χ3n) is 5.56. The van der Waals surface area contributed by atoms with E-state index in [-0.39, 0.29) is 23.8 Å². The quantitative estimate of drug-likeness (QED) is 0.814. The first-order valence-corrected chi connectivity index (χ1v) is 9.02. The Labute approximate surface area is 156 Å². The summed E-state index contributed by atoms with van der Waals surface area (Å²) in [4.78, 5) is 26.7. The van der Waals surface area contributed by atoms with E-state index >= 15 is 0 Å². The number of rotatable bonds is 2. The number of piperidine rings is 1. The zero-order valence-electron chi connectivity index (χ0n) is 15.0. The Bertz CT molecular complexity index is 906. The molecule has 6 nitrogen and oxygen atoms in total. The van der Waals surface area contributed by atoms with Crippen LogP contribution in [0.5, 0.6) is 0 Å². The number of halogens is 1. The van der Waals surface area contributed by atoms with Crippen LogP contribution in [0.2, 0.25) is 0 Å². The summed E-state index contributed by atoms with van der Waals surface area (Å²) in [6.07, 6.45) is 7.62. The zero-order chi connectivity index (χ0) is 19.1. The van der Waals surface area contributed by atoms with E-state index in [4.69, 9.17) is 0 Å². The van der Waals surface area contributed by atoms with E-state index in [1.165, 1.54) is 17.0 Å². The fourth-order valence-electron chi connectivity index (χ4n) is 4.16. The lowest BCUT2D eigenvalue weighted by molar-refractivity contribution is -0.506. The number of hydrogen-bond donors (Lipinski definition) is 1. The molecule has 1 saturated heterocycles. The maximum absolute atomic E-state index is 13.5. The molecule has 3 aliphatic heterocycles. The van der Waals surface area contributed by atoms with Gasteiger partial charge in [-0.2, -0.15) is 0 Å². The molecule has 7 heteroatoms. The molecule has 1 aromatic rings. The summed E-state index contributed by atoms with van der Waals surface area (Å²) < 4.78 is 15.6. The fraction of sp³-hybridized carbons (Fsp3) is 0.350. The molecule has 0 bridgehead atoms. The third-order valence-corrected chi connectivity index (χ3v) is 5.56. The number of likely N-dealkylation sites (tertiary alicyclic amines) is 1. The van der Waals surface area contributed by atoms with Crippen molar-refractivity contribution < 1.29 is 23.7 Å². The van der Waals surface area contributed by atoms with Crippen molar-refractivity contribution in [2.75, 3.05) is 13.1 Å². The summed E-state index contributed by atoms with van der Waals surface area (Å²) >= 11 is 0. The highest BCUT2D eigenvalue weighted by molar-refractivity contribution is 5.94. The van der Waals surface area contributed by atoms with Crippen molar-refractivity contribution in [1.29, 1.82) is 0 Å². The standard InChI is InChI=1S/C20H20FN3O3/c1-13-10-14(21)2-4-17(13)18-11-15(6-7-24(18)20(26)27)22-8-9-23-16(12-22)3-5-19(23)25/h2-5,8,10,12,15,18H,6-7,9,11H2,1H3/p+1/t15-,18+/m0/s1. The van der Waals surface area contributed by atoms with E-state index in [9.17, 15) is 19.1 Å². The Balaban J connectivity index is 1.62. The Kier molecular flexibility index (Phi) is 4.30. The van der Waals surface area contributed by atoms with E-state index in [2.05, 4.69) is 4.58 Å². The van der Waals surface area contributed by atoms with Crippen LogP contribution in [0.25, 0.3) is 0 Å². The molecule has 3 heterocycles. The molecule has 4 rings (SSSR count). The van der Waals surface area contributed by atoms with Gasteiger partial charge in [-0.1, -0.05) is 6.07 Å². The fourth-order valence-corrected chi connectivity index (χ4v) is 4.16. The lowest BCUT2D eigenvalue weighted by Crippen LogP contribution is -2.46. The summed E-state index contributed by atoms with van der Waals surface area (Å²) in [5.41, 5.74) is 2.45. The van der Waals surface area contributed by atoms with Crippen molar-refractivity contribution in [2.24, 2.45) is 0 Å². The number of nitrogens with zero attached hydrogens (tertiary/aromatic N) is 3. The van der Waals surface area contributed by atoms with Crippen molar-refractivity contribution in [3.8, 4) is 0 Å². The maximum Gasteiger partial charge on any atom is 0.407 e. The molecule has 0 unspecified atom stereocenters. The first-order chi connectivity index (χ1) is 12.9. The van der Waals surface area contributed by atoms with Gasteiger partial charge in [0.05, 0.1) is 6.04 Å². The SMILES string of the molecule is Cc1cc(F)ccc1[C@H]1C[C@@H]([N+]2=CCN3C(=O)C=CC3=C2)CCN1C(=O)O. The zero-order valence-corrected chi connectivity index (χ0v) is 15.0. The van der Waals surface area contributed by atoms with Gasteiger partial charge in [-0.25, -0.2) is 13.8 Å². The Hall–Kier alpha value is -2.96. The van der Waals surface area contributed by atoms with E-state index in [0.29, 0.717) is 25.9 Å². The number of fused-ring (bicyclic) bond motifs is 1. The van der Waals surface area contributed by atoms with Gasteiger partial charge in [0.15, 0.2) is 18.5 Å². The van der Waals surface area contributed by atoms with E-state index in [1.54, 1.807) is 23.1 Å². The molecule has 2 amide bonds. The Morgan fingerprint density at radius 1 is 1.33 bits per heavy atom. The lowest BCUT2D eigenvalue weighted by atomic mass is 9.89. The van der Waals surface area contributed by atoms with Crippen molar-refractivity contribution in [3.63, 3.8) is 0 Å². The summed E-state index contributed by atoms with van der Waals surface area (Å²) in [7, 11) is 0. The largest absolute Gasteiger partial charge is 0.465 e. The molecule has 0 aliphatic carbocycles. The highest BCUT2D eigenvalue weighted by Crippen LogP contribution is 2.35. The molecule has 140 valence electrons. The van der Waals surface area contributed by atoms with Gasteiger partial charge in [0, 0.05) is 25.5 Å². The first kappa shape index (κ1) is 17.5. The van der Waals surface area contributed by atoms with Gasteiger partial charge in [-0.05, 0) is 36.3 Å². The van der Waals surface area contributed by atoms with Gasteiger partial charge < -0.3 is 10.0 Å². The second-order valence-corrected chi connectivity index (χ2v) is 7.14. The highest BCUT2D eigenvalue weighted by atomic mass is 19.1.